The Morgan fingerprint density at radius 2 is 2.00 bits per heavy atom. The Hall–Kier alpha value is -0.900. The van der Waals surface area contributed by atoms with E-state index >= 15 is 0 Å². The highest BCUT2D eigenvalue weighted by Gasteiger charge is 2.20. The SMILES string of the molecule is CN(C)C(=O)c1cc(C(C)(C)C)sn1. The summed E-state index contributed by atoms with van der Waals surface area (Å²) in [5, 5.41) is 0. The maximum atomic E-state index is 11.6. The van der Waals surface area contributed by atoms with Gasteiger partial charge in [-0.2, -0.15) is 4.37 Å². The number of carbonyl (C=O) groups is 1. The second kappa shape index (κ2) is 3.69. The van der Waals surface area contributed by atoms with Crippen LogP contribution in [0.1, 0.15) is 36.1 Å². The largest absolute Gasteiger partial charge is 0.343 e. The number of nitrogens with zero attached hydrogens (tertiary/aromatic N) is 2. The molecule has 1 rings (SSSR count). The van der Waals surface area contributed by atoms with E-state index < -0.39 is 0 Å². The van der Waals surface area contributed by atoms with E-state index in [4.69, 9.17) is 0 Å². The van der Waals surface area contributed by atoms with Crippen LogP contribution in [0.25, 0.3) is 0 Å². The maximum absolute atomic E-state index is 11.6. The van der Waals surface area contributed by atoms with Gasteiger partial charge < -0.3 is 4.90 Å². The van der Waals surface area contributed by atoms with Crippen LogP contribution in [0, 0.1) is 0 Å². The van der Waals surface area contributed by atoms with Gasteiger partial charge in [0.2, 0.25) is 0 Å². The predicted molar refractivity (Wildman–Crippen MR) is 58.8 cm³/mol. The van der Waals surface area contributed by atoms with Crippen molar-refractivity contribution < 1.29 is 4.79 Å². The van der Waals surface area contributed by atoms with Gasteiger partial charge in [-0.05, 0) is 23.0 Å². The molecular weight excluding hydrogens is 196 g/mol. The van der Waals surface area contributed by atoms with Crippen LogP contribution in [0.3, 0.4) is 0 Å². The third kappa shape index (κ3) is 2.32. The molecule has 14 heavy (non-hydrogen) atoms. The summed E-state index contributed by atoms with van der Waals surface area (Å²) < 4.78 is 4.15. The van der Waals surface area contributed by atoms with Crippen molar-refractivity contribution in [3.63, 3.8) is 0 Å². The fraction of sp³-hybridized carbons (Fsp3) is 0.600. The molecule has 3 nitrogen and oxygen atoms in total. The van der Waals surface area contributed by atoms with Crippen LogP contribution in [-0.2, 0) is 5.41 Å². The van der Waals surface area contributed by atoms with E-state index in [2.05, 4.69) is 25.1 Å². The lowest BCUT2D eigenvalue weighted by molar-refractivity contribution is 0.0823. The maximum Gasteiger partial charge on any atom is 0.273 e. The zero-order chi connectivity index (χ0) is 10.9. The van der Waals surface area contributed by atoms with E-state index in [0.717, 1.165) is 4.88 Å². The van der Waals surface area contributed by atoms with E-state index in [1.807, 2.05) is 6.07 Å². The summed E-state index contributed by atoms with van der Waals surface area (Å²) in [7, 11) is 3.47. The molecule has 0 aromatic carbocycles. The molecule has 0 aliphatic rings. The molecule has 4 heteroatoms. The first-order chi connectivity index (χ1) is 6.32. The van der Waals surface area contributed by atoms with Gasteiger partial charge in [-0.15, -0.1) is 0 Å². The van der Waals surface area contributed by atoms with Gasteiger partial charge in [0, 0.05) is 19.0 Å². The molecule has 0 unspecified atom stereocenters. The number of amides is 1. The van der Waals surface area contributed by atoms with Gasteiger partial charge in [-0.1, -0.05) is 20.8 Å². The molecule has 0 bridgehead atoms. The van der Waals surface area contributed by atoms with Crippen LogP contribution in [0.15, 0.2) is 6.07 Å². The van der Waals surface area contributed by atoms with E-state index in [0.29, 0.717) is 5.69 Å². The van der Waals surface area contributed by atoms with E-state index in [-0.39, 0.29) is 11.3 Å². The summed E-state index contributed by atoms with van der Waals surface area (Å²) in [5.74, 6) is -0.0308. The smallest absolute Gasteiger partial charge is 0.273 e. The first-order valence-electron chi connectivity index (χ1n) is 4.51. The summed E-state index contributed by atoms with van der Waals surface area (Å²) in [4.78, 5) is 14.2. The molecule has 1 amide bonds. The van der Waals surface area contributed by atoms with Crippen LogP contribution in [-0.4, -0.2) is 29.3 Å². The van der Waals surface area contributed by atoms with Crippen molar-refractivity contribution in [1.82, 2.24) is 9.27 Å². The number of hydrogen-bond donors (Lipinski definition) is 0. The summed E-state index contributed by atoms with van der Waals surface area (Å²) in [6.45, 7) is 6.35. The molecule has 0 saturated heterocycles. The van der Waals surface area contributed by atoms with Crippen molar-refractivity contribution in [1.29, 1.82) is 0 Å². The third-order valence-electron chi connectivity index (χ3n) is 1.87. The van der Waals surface area contributed by atoms with Crippen molar-refractivity contribution in [3.8, 4) is 0 Å². The zero-order valence-corrected chi connectivity index (χ0v) is 10.1. The first kappa shape index (κ1) is 11.2. The Balaban J connectivity index is 2.95. The van der Waals surface area contributed by atoms with Gasteiger partial charge in [0.1, 0.15) is 5.69 Å². The van der Waals surface area contributed by atoms with Crippen molar-refractivity contribution >= 4 is 17.4 Å². The van der Waals surface area contributed by atoms with Crippen molar-refractivity contribution in [2.24, 2.45) is 0 Å². The lowest BCUT2D eigenvalue weighted by Crippen LogP contribution is -2.21. The average Bonchev–Trinajstić information content (AvgIpc) is 2.49. The van der Waals surface area contributed by atoms with Crippen molar-refractivity contribution in [2.75, 3.05) is 14.1 Å². The van der Waals surface area contributed by atoms with Crippen molar-refractivity contribution in [2.45, 2.75) is 26.2 Å². The number of rotatable bonds is 1. The Kier molecular flexibility index (Phi) is 2.95. The standard InChI is InChI=1S/C10H16N2OS/c1-10(2,3)8-6-7(11-14-8)9(13)12(4)5/h6H,1-5H3. The normalized spacial score (nSPS) is 11.5. The van der Waals surface area contributed by atoms with Gasteiger partial charge in [-0.25, -0.2) is 0 Å². The molecule has 1 aromatic heterocycles. The fourth-order valence-corrected chi connectivity index (χ4v) is 1.72. The highest BCUT2D eigenvalue weighted by molar-refractivity contribution is 7.06. The molecule has 0 radical (unpaired) electrons. The molecule has 0 atom stereocenters. The second-order valence-electron chi connectivity index (χ2n) is 4.53. The lowest BCUT2D eigenvalue weighted by atomic mass is 9.94. The van der Waals surface area contributed by atoms with E-state index in [9.17, 15) is 4.79 Å². The van der Waals surface area contributed by atoms with Crippen LogP contribution >= 0.6 is 11.5 Å². The predicted octanol–water partition coefficient (Wildman–Crippen LogP) is 2.14. The quantitative estimate of drug-likeness (QED) is 0.714. The summed E-state index contributed by atoms with van der Waals surface area (Å²) in [6, 6.07) is 1.88. The number of carbonyl (C=O) groups excluding carboxylic acids is 1. The minimum absolute atomic E-state index is 0.0308. The second-order valence-corrected chi connectivity index (χ2v) is 5.33. The molecule has 0 N–H and O–H groups in total. The Morgan fingerprint density at radius 3 is 2.36 bits per heavy atom. The zero-order valence-electron chi connectivity index (χ0n) is 9.29. The fourth-order valence-electron chi connectivity index (χ4n) is 0.959. The van der Waals surface area contributed by atoms with Crippen molar-refractivity contribution in [3.05, 3.63) is 16.6 Å². The minimum atomic E-state index is -0.0308. The molecule has 0 fully saturated rings. The van der Waals surface area contributed by atoms with Gasteiger partial charge in [-0.3, -0.25) is 4.79 Å². The molecule has 1 heterocycles. The molecule has 1 aromatic rings. The molecule has 78 valence electrons. The van der Waals surface area contributed by atoms with Gasteiger partial charge in [0.25, 0.3) is 5.91 Å². The van der Waals surface area contributed by atoms with Crippen LogP contribution in [0.4, 0.5) is 0 Å². The Bertz CT molecular complexity index is 336. The highest BCUT2D eigenvalue weighted by Crippen LogP contribution is 2.26. The minimum Gasteiger partial charge on any atom is -0.343 e. The van der Waals surface area contributed by atoms with Crippen LogP contribution in [0.5, 0.6) is 0 Å². The number of hydrogen-bond acceptors (Lipinski definition) is 3. The monoisotopic (exact) mass is 212 g/mol. The van der Waals surface area contributed by atoms with Gasteiger partial charge in [0.05, 0.1) is 0 Å². The molecule has 0 aliphatic heterocycles. The van der Waals surface area contributed by atoms with Crippen LogP contribution < -0.4 is 0 Å². The lowest BCUT2D eigenvalue weighted by Gasteiger charge is -2.14. The Labute approximate surface area is 88.9 Å². The molecule has 0 spiro atoms. The summed E-state index contributed by atoms with van der Waals surface area (Å²) in [5.41, 5.74) is 0.618. The van der Waals surface area contributed by atoms with Gasteiger partial charge in [0.15, 0.2) is 0 Å². The summed E-state index contributed by atoms with van der Waals surface area (Å²) in [6.07, 6.45) is 0. The topological polar surface area (TPSA) is 33.2 Å². The number of aromatic nitrogens is 1. The molecule has 0 saturated carbocycles. The van der Waals surface area contributed by atoms with Crippen LogP contribution in [0.2, 0.25) is 0 Å². The average molecular weight is 212 g/mol. The summed E-state index contributed by atoms with van der Waals surface area (Å²) >= 11 is 1.40. The third-order valence-corrected chi connectivity index (χ3v) is 3.09. The van der Waals surface area contributed by atoms with Gasteiger partial charge >= 0.3 is 0 Å². The Morgan fingerprint density at radius 1 is 1.43 bits per heavy atom. The molecular formula is C10H16N2OS. The van der Waals surface area contributed by atoms with E-state index in [1.54, 1.807) is 19.0 Å². The van der Waals surface area contributed by atoms with E-state index in [1.165, 1.54) is 11.5 Å². The highest BCUT2D eigenvalue weighted by atomic mass is 32.1. The first-order valence-corrected chi connectivity index (χ1v) is 5.28. The molecule has 0 aliphatic carbocycles.